The van der Waals surface area contributed by atoms with Gasteiger partial charge in [-0.25, -0.2) is 9.36 Å². The van der Waals surface area contributed by atoms with E-state index >= 15 is 0 Å². The molecule has 1 atom stereocenters. The van der Waals surface area contributed by atoms with Gasteiger partial charge in [0.15, 0.2) is 0 Å². The van der Waals surface area contributed by atoms with E-state index in [9.17, 15) is 4.79 Å². The second-order valence-electron chi connectivity index (χ2n) is 12.3. The molecule has 5 heterocycles. The van der Waals surface area contributed by atoms with Gasteiger partial charge in [-0.3, -0.25) is 14.5 Å². The highest BCUT2D eigenvalue weighted by Crippen LogP contribution is 2.46. The van der Waals surface area contributed by atoms with Crippen molar-refractivity contribution in [2.24, 2.45) is 18.9 Å². The number of aromatic nitrogens is 9. The van der Waals surface area contributed by atoms with Crippen LogP contribution in [0.4, 0.5) is 4.79 Å². The summed E-state index contributed by atoms with van der Waals surface area (Å²) in [7, 11) is 1.94. The summed E-state index contributed by atoms with van der Waals surface area (Å²) < 4.78 is 5.63. The zero-order valence-electron chi connectivity index (χ0n) is 25.9. The Kier molecular flexibility index (Phi) is 6.61. The lowest BCUT2D eigenvalue weighted by Crippen LogP contribution is -2.55. The molecule has 1 aliphatic rings. The fourth-order valence-corrected chi connectivity index (χ4v) is 7.11. The monoisotopic (exact) mass is 610 g/mol. The van der Waals surface area contributed by atoms with Crippen molar-refractivity contribution in [3.63, 3.8) is 0 Å². The van der Waals surface area contributed by atoms with E-state index in [-0.39, 0.29) is 23.9 Å². The summed E-state index contributed by atoms with van der Waals surface area (Å²) in [5.74, 6) is 1.68. The number of halogens is 1. The number of hydrogen-bond donors (Lipinski definition) is 1. The van der Waals surface area contributed by atoms with Crippen molar-refractivity contribution in [1.82, 2.24) is 49.4 Å². The van der Waals surface area contributed by atoms with Gasteiger partial charge in [0, 0.05) is 59.2 Å². The van der Waals surface area contributed by atoms with Crippen molar-refractivity contribution < 1.29 is 4.79 Å². The van der Waals surface area contributed by atoms with Crippen LogP contribution in [0.3, 0.4) is 0 Å². The smallest absolute Gasteiger partial charge is 0.323 e. The van der Waals surface area contributed by atoms with Crippen molar-refractivity contribution in [2.75, 3.05) is 13.1 Å². The number of H-pyrrole nitrogens is 1. The van der Waals surface area contributed by atoms with Gasteiger partial charge in [0.2, 0.25) is 0 Å². The molecule has 1 unspecified atom stereocenters. The van der Waals surface area contributed by atoms with E-state index in [2.05, 4.69) is 69.1 Å². The molecule has 2 aromatic carbocycles. The molecule has 1 fully saturated rings. The standard InChI is InChI=1S/C32H35ClN10O/c1-16(2)31(23-14-41(15-23)32(44)42-19(5)36-37-20(42)6)43-18(4)27(28-24-13-34-38-25(24)10-17(3)29(28)33)30(39-43)21-8-9-26-22(11-21)12-35-40(26)7/h8-13,16,23,31H,14-15H2,1-7H3,(H,34,38). The van der Waals surface area contributed by atoms with E-state index in [1.54, 1.807) is 18.4 Å². The fraction of sp³-hybridized carbons (Fsp3) is 0.375. The molecular formula is C32H35ClN10O. The largest absolute Gasteiger partial charge is 0.331 e. The second-order valence-corrected chi connectivity index (χ2v) is 12.7. The molecule has 0 spiro atoms. The van der Waals surface area contributed by atoms with Crippen LogP contribution < -0.4 is 0 Å². The molecule has 11 nitrogen and oxygen atoms in total. The number of benzene rings is 2. The molecule has 1 aliphatic heterocycles. The minimum atomic E-state index is -0.0824. The lowest BCUT2D eigenvalue weighted by molar-refractivity contribution is 0.0645. The predicted molar refractivity (Wildman–Crippen MR) is 171 cm³/mol. The van der Waals surface area contributed by atoms with Crippen molar-refractivity contribution >= 4 is 39.4 Å². The number of nitrogens with one attached hydrogen (secondary N) is 1. The number of rotatable bonds is 5. The van der Waals surface area contributed by atoms with E-state index in [4.69, 9.17) is 16.7 Å². The topological polar surface area (TPSA) is 115 Å². The van der Waals surface area contributed by atoms with Crippen LogP contribution in [0.25, 0.3) is 44.2 Å². The molecule has 4 aromatic heterocycles. The van der Waals surface area contributed by atoms with Crippen LogP contribution in [0.5, 0.6) is 0 Å². The molecule has 0 saturated carbocycles. The molecule has 226 valence electrons. The highest BCUT2D eigenvalue weighted by Gasteiger charge is 2.41. The second kappa shape index (κ2) is 10.3. The van der Waals surface area contributed by atoms with Gasteiger partial charge in [-0.05, 0) is 57.4 Å². The van der Waals surface area contributed by atoms with Crippen molar-refractivity contribution in [3.05, 3.63) is 64.6 Å². The third-order valence-corrected chi connectivity index (χ3v) is 9.58. The maximum Gasteiger partial charge on any atom is 0.331 e. The van der Waals surface area contributed by atoms with E-state index in [0.29, 0.717) is 29.8 Å². The zero-order valence-corrected chi connectivity index (χ0v) is 26.7. The number of carbonyl (C=O) groups excluding carboxylic acids is 1. The van der Waals surface area contributed by atoms with Crippen LogP contribution >= 0.6 is 11.6 Å². The Hall–Kier alpha value is -4.51. The number of likely N-dealkylation sites (tertiary alicyclic amines) is 1. The third kappa shape index (κ3) is 4.24. The Bertz CT molecular complexity index is 2050. The van der Waals surface area contributed by atoms with Gasteiger partial charge in [-0.15, -0.1) is 10.2 Å². The molecule has 12 heteroatoms. The number of aromatic amines is 1. The van der Waals surface area contributed by atoms with E-state index in [1.807, 2.05) is 42.0 Å². The van der Waals surface area contributed by atoms with Gasteiger partial charge < -0.3 is 4.90 Å². The third-order valence-electron chi connectivity index (χ3n) is 9.09. The highest BCUT2D eigenvalue weighted by molar-refractivity contribution is 6.36. The highest BCUT2D eigenvalue weighted by atomic mass is 35.5. The first-order valence-electron chi connectivity index (χ1n) is 14.9. The summed E-state index contributed by atoms with van der Waals surface area (Å²) in [4.78, 5) is 15.2. The SMILES string of the molecule is Cc1cc2[nH]ncc2c(-c2c(-c3ccc4c(cnn4C)c3)nn(C(C(C)C)C3CN(C(=O)n4c(C)nnc4C)C3)c2C)c1Cl. The van der Waals surface area contributed by atoms with Crippen molar-refractivity contribution in [2.45, 2.75) is 47.6 Å². The normalized spacial score (nSPS) is 14.7. The summed E-state index contributed by atoms with van der Waals surface area (Å²) in [6.07, 6.45) is 3.72. The van der Waals surface area contributed by atoms with Gasteiger partial charge in [0.1, 0.15) is 17.3 Å². The van der Waals surface area contributed by atoms with Crippen LogP contribution in [0.1, 0.15) is 42.8 Å². The lowest BCUT2D eigenvalue weighted by atomic mass is 9.84. The summed E-state index contributed by atoms with van der Waals surface area (Å²) >= 11 is 7.13. The fourth-order valence-electron chi connectivity index (χ4n) is 6.86. The molecule has 6 aromatic rings. The molecular weight excluding hydrogens is 576 g/mol. The maximum absolute atomic E-state index is 13.3. The molecule has 44 heavy (non-hydrogen) atoms. The number of amides is 1. The molecule has 1 amide bonds. The molecule has 1 N–H and O–H groups in total. The average Bonchev–Trinajstić information content (AvgIpc) is 3.73. The molecule has 0 bridgehead atoms. The van der Waals surface area contributed by atoms with Gasteiger partial charge in [0.05, 0.1) is 34.5 Å². The average molecular weight is 611 g/mol. The van der Waals surface area contributed by atoms with Crippen molar-refractivity contribution in [3.8, 4) is 22.4 Å². The van der Waals surface area contributed by atoms with Crippen molar-refractivity contribution in [1.29, 1.82) is 0 Å². The minimum Gasteiger partial charge on any atom is -0.323 e. The zero-order chi connectivity index (χ0) is 31.0. The predicted octanol–water partition coefficient (Wildman–Crippen LogP) is 6.26. The van der Waals surface area contributed by atoms with E-state index < -0.39 is 0 Å². The Morgan fingerprint density at radius 3 is 2.45 bits per heavy atom. The molecule has 1 saturated heterocycles. The first-order valence-corrected chi connectivity index (χ1v) is 15.2. The minimum absolute atomic E-state index is 0.0557. The summed E-state index contributed by atoms with van der Waals surface area (Å²) in [5.41, 5.74) is 7.72. The van der Waals surface area contributed by atoms with E-state index in [0.717, 1.165) is 55.4 Å². The molecule has 0 radical (unpaired) electrons. The Morgan fingerprint density at radius 2 is 1.75 bits per heavy atom. The Morgan fingerprint density at radius 1 is 1.02 bits per heavy atom. The first-order chi connectivity index (χ1) is 21.0. The molecule has 0 aliphatic carbocycles. The van der Waals surface area contributed by atoms with Gasteiger partial charge in [-0.1, -0.05) is 31.5 Å². The van der Waals surface area contributed by atoms with Crippen LogP contribution in [-0.2, 0) is 7.05 Å². The van der Waals surface area contributed by atoms with Crippen LogP contribution in [0, 0.1) is 39.5 Å². The lowest BCUT2D eigenvalue weighted by Gasteiger charge is -2.45. The number of fused-ring (bicyclic) bond motifs is 2. The maximum atomic E-state index is 13.3. The Labute approximate surface area is 259 Å². The number of nitrogens with zero attached hydrogens (tertiary/aromatic N) is 9. The van der Waals surface area contributed by atoms with Crippen LogP contribution in [0.15, 0.2) is 36.7 Å². The Balaban J connectivity index is 1.36. The quantitative estimate of drug-likeness (QED) is 0.246. The van der Waals surface area contributed by atoms with Crippen LogP contribution in [-0.4, -0.2) is 68.5 Å². The summed E-state index contributed by atoms with van der Waals surface area (Å²) in [6.45, 7) is 13.4. The van der Waals surface area contributed by atoms with Gasteiger partial charge in [0.25, 0.3) is 0 Å². The van der Waals surface area contributed by atoms with Gasteiger partial charge >= 0.3 is 6.03 Å². The number of carbonyl (C=O) groups is 1. The van der Waals surface area contributed by atoms with E-state index in [1.165, 1.54) is 0 Å². The summed E-state index contributed by atoms with van der Waals surface area (Å²) in [5, 5.41) is 28.1. The van der Waals surface area contributed by atoms with Crippen LogP contribution in [0.2, 0.25) is 5.02 Å². The number of aryl methyl sites for hydroxylation is 4. The summed E-state index contributed by atoms with van der Waals surface area (Å²) in [6, 6.07) is 8.35. The first kappa shape index (κ1) is 28.3. The number of hydrogen-bond acceptors (Lipinski definition) is 6. The molecule has 7 rings (SSSR count). The van der Waals surface area contributed by atoms with Gasteiger partial charge in [-0.2, -0.15) is 15.3 Å².